The number of halogens is 3. The van der Waals surface area contributed by atoms with Crippen LogP contribution in [0.25, 0.3) is 5.69 Å². The number of para-hydroxylation sites is 1. The summed E-state index contributed by atoms with van der Waals surface area (Å²) < 4.78 is 39.3. The summed E-state index contributed by atoms with van der Waals surface area (Å²) in [5.41, 5.74) is 0.803. The van der Waals surface area contributed by atoms with Crippen molar-refractivity contribution < 1.29 is 18.0 Å². The Morgan fingerprint density at radius 3 is 2.39 bits per heavy atom. The van der Waals surface area contributed by atoms with Gasteiger partial charge in [0.1, 0.15) is 5.69 Å². The molecule has 0 amide bonds. The fourth-order valence-corrected chi connectivity index (χ4v) is 2.03. The predicted octanol–water partition coefficient (Wildman–Crippen LogP) is 2.54. The third kappa shape index (κ3) is 3.36. The Kier molecular flexibility index (Phi) is 4.44. The first-order chi connectivity index (χ1) is 10.7. The molecule has 0 saturated heterocycles. The first-order valence-electron chi connectivity index (χ1n) is 6.61. The summed E-state index contributed by atoms with van der Waals surface area (Å²) >= 11 is 0. The van der Waals surface area contributed by atoms with Crippen LogP contribution in [-0.2, 0) is 11.8 Å². The van der Waals surface area contributed by atoms with Crippen molar-refractivity contribution in [3.63, 3.8) is 0 Å². The van der Waals surface area contributed by atoms with Crippen LogP contribution in [0.3, 0.4) is 0 Å². The number of rotatable bonds is 4. The summed E-state index contributed by atoms with van der Waals surface area (Å²) in [6.45, 7) is 1.64. The topological polar surface area (TPSA) is 56.0 Å². The first-order valence-corrected chi connectivity index (χ1v) is 6.61. The lowest BCUT2D eigenvalue weighted by molar-refractivity contribution is -0.165. The molecule has 122 valence electrons. The monoisotopic (exact) mass is 325 g/mol. The number of ketones is 1. The van der Waals surface area contributed by atoms with E-state index in [0.29, 0.717) is 17.5 Å². The number of carbonyl (C=O) groups excluding carboxylic acids is 1. The van der Waals surface area contributed by atoms with Crippen molar-refractivity contribution in [1.29, 1.82) is 0 Å². The average Bonchev–Trinajstić information content (AvgIpc) is 2.70. The molecular formula is C15H14F3N3O2. The molecule has 1 heterocycles. The molecule has 0 aliphatic heterocycles. The molecule has 0 atom stereocenters. The Bertz CT molecular complexity index is 802. The van der Waals surface area contributed by atoms with Gasteiger partial charge in [-0.1, -0.05) is 18.2 Å². The molecule has 8 heteroatoms. The van der Waals surface area contributed by atoms with E-state index in [1.165, 1.54) is 4.68 Å². The van der Waals surface area contributed by atoms with Crippen molar-refractivity contribution in [2.45, 2.75) is 13.1 Å². The SMILES string of the molecule is Cc1c(N/C=C/C(=O)C(F)(F)F)c(=O)n(-c2ccccc2)n1C. The lowest BCUT2D eigenvalue weighted by atomic mass is 10.3. The summed E-state index contributed by atoms with van der Waals surface area (Å²) in [6, 6.07) is 8.79. The van der Waals surface area contributed by atoms with E-state index in [-0.39, 0.29) is 5.69 Å². The second kappa shape index (κ2) is 6.15. The van der Waals surface area contributed by atoms with E-state index in [9.17, 15) is 22.8 Å². The van der Waals surface area contributed by atoms with E-state index in [4.69, 9.17) is 0 Å². The van der Waals surface area contributed by atoms with Gasteiger partial charge < -0.3 is 5.32 Å². The van der Waals surface area contributed by atoms with Crippen LogP contribution in [0.1, 0.15) is 5.69 Å². The lowest BCUT2D eigenvalue weighted by Crippen LogP contribution is -2.21. The third-order valence-electron chi connectivity index (χ3n) is 3.30. The Hall–Kier alpha value is -2.77. The maximum Gasteiger partial charge on any atom is 0.454 e. The van der Waals surface area contributed by atoms with E-state index in [0.717, 1.165) is 6.20 Å². The Labute approximate surface area is 129 Å². The second-order valence-corrected chi connectivity index (χ2v) is 4.78. The highest BCUT2D eigenvalue weighted by Gasteiger charge is 2.36. The van der Waals surface area contributed by atoms with Crippen LogP contribution in [0.4, 0.5) is 18.9 Å². The van der Waals surface area contributed by atoms with E-state index >= 15 is 0 Å². The number of benzene rings is 1. The molecule has 1 aromatic heterocycles. The minimum absolute atomic E-state index is 0.0996. The number of hydrogen-bond donors (Lipinski definition) is 1. The zero-order valence-corrected chi connectivity index (χ0v) is 12.4. The van der Waals surface area contributed by atoms with E-state index in [1.807, 2.05) is 0 Å². The van der Waals surface area contributed by atoms with Crippen LogP contribution in [0, 0.1) is 6.92 Å². The van der Waals surface area contributed by atoms with Gasteiger partial charge in [0.15, 0.2) is 0 Å². The largest absolute Gasteiger partial charge is 0.454 e. The van der Waals surface area contributed by atoms with Gasteiger partial charge in [-0.25, -0.2) is 4.68 Å². The summed E-state index contributed by atoms with van der Waals surface area (Å²) in [7, 11) is 1.65. The number of aromatic nitrogens is 2. The minimum atomic E-state index is -4.94. The van der Waals surface area contributed by atoms with Gasteiger partial charge in [0.05, 0.1) is 11.4 Å². The second-order valence-electron chi connectivity index (χ2n) is 4.78. The zero-order chi connectivity index (χ0) is 17.2. The third-order valence-corrected chi connectivity index (χ3v) is 3.30. The average molecular weight is 325 g/mol. The number of allylic oxidation sites excluding steroid dienone is 1. The summed E-state index contributed by atoms with van der Waals surface area (Å²) in [5.74, 6) is -2.00. The van der Waals surface area contributed by atoms with Gasteiger partial charge in [0.25, 0.3) is 11.3 Å². The first kappa shape index (κ1) is 16.6. The molecule has 0 saturated carbocycles. The van der Waals surface area contributed by atoms with Gasteiger partial charge in [-0.3, -0.25) is 14.3 Å². The molecule has 0 radical (unpaired) electrons. The highest BCUT2D eigenvalue weighted by Crippen LogP contribution is 2.17. The van der Waals surface area contributed by atoms with E-state index in [2.05, 4.69) is 5.32 Å². The Balaban J connectivity index is 2.34. The van der Waals surface area contributed by atoms with Gasteiger partial charge in [0.2, 0.25) is 0 Å². The normalized spacial score (nSPS) is 11.9. The quantitative estimate of drug-likeness (QED) is 0.879. The van der Waals surface area contributed by atoms with Gasteiger partial charge in [0, 0.05) is 19.3 Å². The van der Waals surface area contributed by atoms with Crippen LogP contribution in [-0.4, -0.2) is 21.3 Å². The van der Waals surface area contributed by atoms with Crippen LogP contribution in [0.15, 0.2) is 47.4 Å². The molecule has 23 heavy (non-hydrogen) atoms. The molecule has 0 aliphatic carbocycles. The van der Waals surface area contributed by atoms with Crippen molar-refractivity contribution >= 4 is 11.5 Å². The predicted molar refractivity (Wildman–Crippen MR) is 79.6 cm³/mol. The molecule has 0 aliphatic rings. The van der Waals surface area contributed by atoms with Crippen molar-refractivity contribution in [2.75, 3.05) is 5.32 Å². The van der Waals surface area contributed by atoms with Crippen molar-refractivity contribution in [3.05, 3.63) is 58.7 Å². The molecule has 0 unspecified atom stereocenters. The number of nitrogens with zero attached hydrogens (tertiary/aromatic N) is 2. The molecule has 0 bridgehead atoms. The molecule has 2 aromatic rings. The van der Waals surface area contributed by atoms with Gasteiger partial charge in [-0.05, 0) is 19.1 Å². The molecule has 5 nitrogen and oxygen atoms in total. The molecule has 0 spiro atoms. The van der Waals surface area contributed by atoms with Crippen LogP contribution in [0.2, 0.25) is 0 Å². The molecule has 1 aromatic carbocycles. The minimum Gasteiger partial charge on any atom is -0.356 e. The van der Waals surface area contributed by atoms with Crippen molar-refractivity contribution in [1.82, 2.24) is 9.36 Å². The molecular weight excluding hydrogens is 311 g/mol. The summed E-state index contributed by atoms with van der Waals surface area (Å²) in [6.07, 6.45) is -3.78. The Morgan fingerprint density at radius 2 is 1.83 bits per heavy atom. The maximum absolute atomic E-state index is 12.4. The highest BCUT2D eigenvalue weighted by atomic mass is 19.4. The number of hydrogen-bond acceptors (Lipinski definition) is 3. The van der Waals surface area contributed by atoms with Crippen molar-refractivity contribution in [2.24, 2.45) is 7.05 Å². The standard InChI is InChI=1S/C15H14F3N3O2/c1-10-13(19-9-8-12(22)15(16,17)18)14(23)21(20(10)2)11-6-4-3-5-7-11/h3-9,19H,1-2H3/b9-8+. The molecule has 0 fully saturated rings. The number of nitrogens with one attached hydrogen (secondary N) is 1. The number of carbonyl (C=O) groups is 1. The zero-order valence-electron chi connectivity index (χ0n) is 12.4. The molecule has 1 N–H and O–H groups in total. The van der Waals surface area contributed by atoms with Gasteiger partial charge in [-0.15, -0.1) is 0 Å². The highest BCUT2D eigenvalue weighted by molar-refractivity contribution is 5.94. The van der Waals surface area contributed by atoms with Crippen molar-refractivity contribution in [3.8, 4) is 5.69 Å². The van der Waals surface area contributed by atoms with Crippen LogP contribution >= 0.6 is 0 Å². The fourth-order valence-electron chi connectivity index (χ4n) is 2.03. The van der Waals surface area contributed by atoms with Crippen LogP contribution in [0.5, 0.6) is 0 Å². The van der Waals surface area contributed by atoms with Gasteiger partial charge >= 0.3 is 6.18 Å². The van der Waals surface area contributed by atoms with E-state index < -0.39 is 17.5 Å². The summed E-state index contributed by atoms with van der Waals surface area (Å²) in [5, 5.41) is 2.46. The fraction of sp³-hybridized carbons (Fsp3) is 0.200. The maximum atomic E-state index is 12.4. The lowest BCUT2D eigenvalue weighted by Gasteiger charge is -2.07. The number of alkyl halides is 3. The molecule has 2 rings (SSSR count). The number of anilines is 1. The van der Waals surface area contributed by atoms with E-state index in [1.54, 1.807) is 49.0 Å². The smallest absolute Gasteiger partial charge is 0.356 e. The summed E-state index contributed by atoms with van der Waals surface area (Å²) in [4.78, 5) is 23.2. The van der Waals surface area contributed by atoms with Crippen LogP contribution < -0.4 is 10.9 Å². The Morgan fingerprint density at radius 1 is 1.22 bits per heavy atom. The van der Waals surface area contributed by atoms with Gasteiger partial charge in [-0.2, -0.15) is 13.2 Å².